The van der Waals surface area contributed by atoms with Crippen LogP contribution in [0.3, 0.4) is 0 Å². The molecule has 0 bridgehead atoms. The van der Waals surface area contributed by atoms with Gasteiger partial charge in [-0.05, 0) is 12.8 Å². The second-order valence-electron chi connectivity index (χ2n) is 6.97. The van der Waals surface area contributed by atoms with E-state index in [0.29, 0.717) is 37.1 Å². The van der Waals surface area contributed by atoms with Crippen molar-refractivity contribution in [1.29, 1.82) is 0 Å². The first-order valence-corrected chi connectivity index (χ1v) is 8.77. The summed E-state index contributed by atoms with van der Waals surface area (Å²) >= 11 is 0. The first-order chi connectivity index (χ1) is 11.6. The molecule has 0 saturated heterocycles. The Hall–Kier alpha value is -1.76. The maximum absolute atomic E-state index is 5.62. The fraction of sp³-hybridized carbons (Fsp3) is 0.765. The summed E-state index contributed by atoms with van der Waals surface area (Å²) in [6, 6.07) is 0. The molecule has 3 rings (SSSR count). The second kappa shape index (κ2) is 7.42. The van der Waals surface area contributed by atoms with Crippen LogP contribution in [-0.2, 0) is 23.0 Å². The molecule has 1 saturated carbocycles. The van der Waals surface area contributed by atoms with Crippen LogP contribution in [0.2, 0.25) is 0 Å². The van der Waals surface area contributed by atoms with Crippen molar-refractivity contribution in [3.63, 3.8) is 0 Å². The summed E-state index contributed by atoms with van der Waals surface area (Å²) in [5, 5.41) is 12.4. The third-order valence-electron chi connectivity index (χ3n) is 4.70. The first kappa shape index (κ1) is 17.1. The number of aryl methyl sites for hydroxylation is 2. The standard InChI is InChI=1S/C17H26N4O3/c1-12(2)15-20-19-14(23-15)8-7-13-18-16(21-24-13)17(11-22-3)9-5-4-6-10-17/h12H,4-11H2,1-3H3. The second-order valence-corrected chi connectivity index (χ2v) is 6.97. The fourth-order valence-electron chi connectivity index (χ4n) is 3.32. The molecule has 132 valence electrons. The molecule has 1 fully saturated rings. The summed E-state index contributed by atoms with van der Waals surface area (Å²) in [6.45, 7) is 4.70. The van der Waals surface area contributed by atoms with Crippen molar-refractivity contribution in [1.82, 2.24) is 20.3 Å². The van der Waals surface area contributed by atoms with E-state index in [1.54, 1.807) is 7.11 Å². The van der Waals surface area contributed by atoms with E-state index in [1.807, 2.05) is 13.8 Å². The average Bonchev–Trinajstić information content (AvgIpc) is 3.24. The van der Waals surface area contributed by atoms with E-state index >= 15 is 0 Å². The number of hydrogen-bond acceptors (Lipinski definition) is 7. The Morgan fingerprint density at radius 3 is 2.50 bits per heavy atom. The highest BCUT2D eigenvalue weighted by molar-refractivity contribution is 5.09. The van der Waals surface area contributed by atoms with Gasteiger partial charge in [-0.1, -0.05) is 38.3 Å². The Kier molecular flexibility index (Phi) is 5.28. The summed E-state index contributed by atoms with van der Waals surface area (Å²) in [4.78, 5) is 4.63. The molecule has 24 heavy (non-hydrogen) atoms. The predicted octanol–water partition coefficient (Wildman–Crippen LogP) is 3.21. The molecule has 2 aromatic rings. The van der Waals surface area contributed by atoms with Crippen LogP contribution in [0.25, 0.3) is 0 Å². The van der Waals surface area contributed by atoms with Crippen LogP contribution < -0.4 is 0 Å². The normalized spacial score (nSPS) is 17.5. The van der Waals surface area contributed by atoms with Crippen molar-refractivity contribution < 1.29 is 13.7 Å². The molecule has 7 nitrogen and oxygen atoms in total. The SMILES string of the molecule is COCC1(c2noc(CCc3nnc(C(C)C)o3)n2)CCCCC1. The zero-order valence-electron chi connectivity index (χ0n) is 14.7. The van der Waals surface area contributed by atoms with Crippen LogP contribution in [0.15, 0.2) is 8.94 Å². The van der Waals surface area contributed by atoms with Crippen molar-refractivity contribution in [2.24, 2.45) is 0 Å². The smallest absolute Gasteiger partial charge is 0.227 e. The number of methoxy groups -OCH3 is 1. The van der Waals surface area contributed by atoms with Gasteiger partial charge in [0.1, 0.15) is 0 Å². The van der Waals surface area contributed by atoms with Gasteiger partial charge >= 0.3 is 0 Å². The number of rotatable bonds is 7. The van der Waals surface area contributed by atoms with Gasteiger partial charge in [0, 0.05) is 25.9 Å². The molecular weight excluding hydrogens is 308 g/mol. The van der Waals surface area contributed by atoms with Gasteiger partial charge in [0.25, 0.3) is 0 Å². The summed E-state index contributed by atoms with van der Waals surface area (Å²) in [5.41, 5.74) is -0.0932. The van der Waals surface area contributed by atoms with E-state index in [0.717, 1.165) is 18.7 Å². The summed E-state index contributed by atoms with van der Waals surface area (Å²) in [7, 11) is 1.74. The summed E-state index contributed by atoms with van der Waals surface area (Å²) in [5.74, 6) is 2.92. The van der Waals surface area contributed by atoms with E-state index in [4.69, 9.17) is 13.7 Å². The highest BCUT2D eigenvalue weighted by atomic mass is 16.5. The number of hydrogen-bond donors (Lipinski definition) is 0. The van der Waals surface area contributed by atoms with E-state index in [2.05, 4.69) is 20.3 Å². The molecule has 1 aliphatic carbocycles. The molecule has 1 aliphatic rings. The Balaban J connectivity index is 1.65. The lowest BCUT2D eigenvalue weighted by atomic mass is 9.74. The lowest BCUT2D eigenvalue weighted by Gasteiger charge is -2.33. The van der Waals surface area contributed by atoms with Crippen LogP contribution in [0.1, 0.15) is 75.4 Å². The van der Waals surface area contributed by atoms with Gasteiger partial charge in [-0.25, -0.2) is 0 Å². The Bertz CT molecular complexity index is 638. The van der Waals surface area contributed by atoms with Crippen molar-refractivity contribution >= 4 is 0 Å². The summed E-state index contributed by atoms with van der Waals surface area (Å²) < 4.78 is 16.5. The lowest BCUT2D eigenvalue weighted by molar-refractivity contribution is 0.0961. The van der Waals surface area contributed by atoms with Gasteiger partial charge in [-0.3, -0.25) is 0 Å². The van der Waals surface area contributed by atoms with Crippen molar-refractivity contribution in [3.8, 4) is 0 Å². The number of ether oxygens (including phenoxy) is 1. The average molecular weight is 334 g/mol. The summed E-state index contributed by atoms with van der Waals surface area (Å²) in [6.07, 6.45) is 6.97. The maximum Gasteiger partial charge on any atom is 0.227 e. The van der Waals surface area contributed by atoms with Gasteiger partial charge in [-0.15, -0.1) is 10.2 Å². The third-order valence-corrected chi connectivity index (χ3v) is 4.70. The highest BCUT2D eigenvalue weighted by Crippen LogP contribution is 2.38. The Morgan fingerprint density at radius 1 is 1.08 bits per heavy atom. The molecule has 0 atom stereocenters. The molecular formula is C17H26N4O3. The molecule has 0 amide bonds. The van der Waals surface area contributed by atoms with Gasteiger partial charge in [-0.2, -0.15) is 4.98 Å². The topological polar surface area (TPSA) is 87.1 Å². The van der Waals surface area contributed by atoms with E-state index in [1.165, 1.54) is 19.3 Å². The van der Waals surface area contributed by atoms with Gasteiger partial charge in [0.2, 0.25) is 17.7 Å². The molecule has 2 heterocycles. The Labute approximate surface area is 142 Å². The number of aromatic nitrogens is 4. The van der Waals surface area contributed by atoms with Crippen molar-refractivity contribution in [2.75, 3.05) is 13.7 Å². The molecule has 0 N–H and O–H groups in total. The maximum atomic E-state index is 5.62. The molecule has 0 radical (unpaired) electrons. The van der Waals surface area contributed by atoms with Crippen molar-refractivity contribution in [2.45, 2.75) is 70.1 Å². The van der Waals surface area contributed by atoms with Crippen LogP contribution in [-0.4, -0.2) is 34.1 Å². The largest absolute Gasteiger partial charge is 0.425 e. The lowest BCUT2D eigenvalue weighted by Crippen LogP contribution is -2.35. The van der Waals surface area contributed by atoms with E-state index in [9.17, 15) is 0 Å². The third kappa shape index (κ3) is 3.66. The Morgan fingerprint density at radius 2 is 1.83 bits per heavy atom. The zero-order chi connectivity index (χ0) is 17.0. The molecule has 0 spiro atoms. The van der Waals surface area contributed by atoms with Crippen LogP contribution in [0.4, 0.5) is 0 Å². The minimum Gasteiger partial charge on any atom is -0.425 e. The van der Waals surface area contributed by atoms with Gasteiger partial charge in [0.05, 0.1) is 12.0 Å². The van der Waals surface area contributed by atoms with Gasteiger partial charge in [0.15, 0.2) is 5.82 Å². The van der Waals surface area contributed by atoms with E-state index < -0.39 is 0 Å². The van der Waals surface area contributed by atoms with Crippen LogP contribution in [0, 0.1) is 0 Å². The molecule has 0 unspecified atom stereocenters. The highest BCUT2D eigenvalue weighted by Gasteiger charge is 2.38. The van der Waals surface area contributed by atoms with Crippen molar-refractivity contribution in [3.05, 3.63) is 23.5 Å². The molecule has 0 aliphatic heterocycles. The fourth-order valence-corrected chi connectivity index (χ4v) is 3.32. The van der Waals surface area contributed by atoms with Gasteiger partial charge < -0.3 is 13.7 Å². The van der Waals surface area contributed by atoms with Crippen LogP contribution >= 0.6 is 0 Å². The molecule has 0 aromatic carbocycles. The quantitative estimate of drug-likeness (QED) is 0.768. The zero-order valence-corrected chi connectivity index (χ0v) is 14.7. The monoisotopic (exact) mass is 334 g/mol. The number of nitrogens with zero attached hydrogens (tertiary/aromatic N) is 4. The van der Waals surface area contributed by atoms with Crippen LogP contribution in [0.5, 0.6) is 0 Å². The first-order valence-electron chi connectivity index (χ1n) is 8.77. The van der Waals surface area contributed by atoms with E-state index in [-0.39, 0.29) is 11.3 Å². The molecule has 7 heteroatoms. The molecule has 2 aromatic heterocycles. The minimum atomic E-state index is -0.0932. The minimum absolute atomic E-state index is 0.0932. The predicted molar refractivity (Wildman–Crippen MR) is 86.7 cm³/mol.